The summed E-state index contributed by atoms with van der Waals surface area (Å²) >= 11 is 0. The van der Waals surface area contributed by atoms with Crippen LogP contribution in [-0.2, 0) is 0 Å². The summed E-state index contributed by atoms with van der Waals surface area (Å²) in [5, 5.41) is 11.5. The van der Waals surface area contributed by atoms with Crippen molar-refractivity contribution in [3.63, 3.8) is 0 Å². The first-order valence-corrected chi connectivity index (χ1v) is 5.21. The molecule has 0 aliphatic heterocycles. The van der Waals surface area contributed by atoms with Gasteiger partial charge in [-0.3, -0.25) is 0 Å². The summed E-state index contributed by atoms with van der Waals surface area (Å²) < 4.78 is 5.18. The highest BCUT2D eigenvalue weighted by molar-refractivity contribution is 5.95. The Labute approximate surface area is 103 Å². The molecule has 0 atom stereocenters. The lowest BCUT2D eigenvalue weighted by Gasteiger charge is -2.06. The van der Waals surface area contributed by atoms with E-state index in [0.29, 0.717) is 23.0 Å². The normalized spacial score (nSPS) is 11.6. The number of nitrogens with two attached hydrogens (primary N) is 1. The van der Waals surface area contributed by atoms with Gasteiger partial charge in [0.15, 0.2) is 5.84 Å². The predicted octanol–water partition coefficient (Wildman–Crippen LogP) is 0.883. The highest BCUT2D eigenvalue weighted by Gasteiger charge is 2.12. The van der Waals surface area contributed by atoms with Crippen molar-refractivity contribution in [1.29, 1.82) is 0 Å². The molecule has 2 rings (SSSR count). The Morgan fingerprint density at radius 2 is 2.22 bits per heavy atom. The molecule has 94 valence electrons. The summed E-state index contributed by atoms with van der Waals surface area (Å²) in [6, 6.07) is 3.38. The maximum Gasteiger partial charge on any atom is 0.224 e. The second kappa shape index (κ2) is 4.74. The first kappa shape index (κ1) is 11.9. The van der Waals surface area contributed by atoms with E-state index >= 15 is 0 Å². The Bertz CT molecular complexity index is 591. The van der Waals surface area contributed by atoms with Gasteiger partial charge in [-0.25, -0.2) is 9.97 Å². The largest absolute Gasteiger partial charge is 0.480 e. The van der Waals surface area contributed by atoms with Crippen molar-refractivity contribution in [3.05, 3.63) is 29.7 Å². The molecule has 0 unspecified atom stereocenters. The molecule has 0 bridgehead atoms. The number of aromatic amines is 1. The van der Waals surface area contributed by atoms with E-state index in [1.54, 1.807) is 18.3 Å². The van der Waals surface area contributed by atoms with Crippen LogP contribution >= 0.6 is 0 Å². The monoisotopic (exact) mass is 247 g/mol. The number of hydrogen-bond acceptors (Lipinski definition) is 5. The Hall–Kier alpha value is -2.57. The molecule has 4 N–H and O–H groups in total. The molecule has 0 spiro atoms. The van der Waals surface area contributed by atoms with Crippen LogP contribution in [0.25, 0.3) is 11.4 Å². The van der Waals surface area contributed by atoms with Crippen LogP contribution in [0.2, 0.25) is 0 Å². The van der Waals surface area contributed by atoms with Crippen LogP contribution in [0.5, 0.6) is 5.88 Å². The van der Waals surface area contributed by atoms with Crippen molar-refractivity contribution in [3.8, 4) is 17.3 Å². The zero-order valence-corrected chi connectivity index (χ0v) is 10.0. The highest BCUT2D eigenvalue weighted by atomic mass is 16.5. The molecular weight excluding hydrogens is 234 g/mol. The Kier molecular flexibility index (Phi) is 3.13. The third kappa shape index (κ3) is 2.10. The average molecular weight is 247 g/mol. The van der Waals surface area contributed by atoms with E-state index in [0.717, 1.165) is 5.69 Å². The summed E-state index contributed by atoms with van der Waals surface area (Å²) in [7, 11) is 1.50. The van der Waals surface area contributed by atoms with Gasteiger partial charge in [-0.1, -0.05) is 5.16 Å². The van der Waals surface area contributed by atoms with E-state index in [9.17, 15) is 0 Å². The maximum atomic E-state index is 8.61. The summed E-state index contributed by atoms with van der Waals surface area (Å²) in [6.07, 6.45) is 1.78. The van der Waals surface area contributed by atoms with Gasteiger partial charge in [-0.05, 0) is 19.1 Å². The molecule has 0 saturated heterocycles. The molecule has 2 aromatic rings. The average Bonchev–Trinajstić information content (AvgIpc) is 2.83. The molecule has 2 heterocycles. The van der Waals surface area contributed by atoms with Crippen molar-refractivity contribution in [2.75, 3.05) is 7.11 Å². The fraction of sp³-hybridized carbons (Fsp3) is 0.182. The van der Waals surface area contributed by atoms with Gasteiger partial charge in [-0.15, -0.1) is 0 Å². The van der Waals surface area contributed by atoms with Crippen molar-refractivity contribution in [1.82, 2.24) is 15.0 Å². The SMILES string of the molecule is COc1nc(C(N)=NO)ccc1-c1nc(C)c[nH]1. The van der Waals surface area contributed by atoms with Crippen molar-refractivity contribution < 1.29 is 9.94 Å². The first-order valence-electron chi connectivity index (χ1n) is 5.21. The fourth-order valence-electron chi connectivity index (χ4n) is 1.52. The number of ether oxygens (including phenoxy) is 1. The number of amidine groups is 1. The number of rotatable bonds is 3. The standard InChI is InChI=1S/C11H13N5O2/c1-6-5-13-10(14-6)7-3-4-8(9(12)16-17)15-11(7)18-2/h3-5,17H,1-2H3,(H2,12,16)(H,13,14). The van der Waals surface area contributed by atoms with E-state index < -0.39 is 0 Å². The zero-order chi connectivity index (χ0) is 13.1. The molecule has 7 nitrogen and oxygen atoms in total. The number of hydrogen-bond donors (Lipinski definition) is 3. The minimum absolute atomic E-state index is 0.0736. The maximum absolute atomic E-state index is 8.61. The lowest BCUT2D eigenvalue weighted by Crippen LogP contribution is -2.15. The number of aryl methyl sites for hydroxylation is 1. The first-order chi connectivity index (χ1) is 8.65. The predicted molar refractivity (Wildman–Crippen MR) is 65.6 cm³/mol. The van der Waals surface area contributed by atoms with Gasteiger partial charge < -0.3 is 20.7 Å². The van der Waals surface area contributed by atoms with Gasteiger partial charge in [-0.2, -0.15) is 0 Å². The van der Waals surface area contributed by atoms with Crippen molar-refractivity contribution in [2.45, 2.75) is 6.92 Å². The number of methoxy groups -OCH3 is 1. The van der Waals surface area contributed by atoms with Crippen LogP contribution in [0.15, 0.2) is 23.5 Å². The quantitative estimate of drug-likeness (QED) is 0.323. The van der Waals surface area contributed by atoms with E-state index in [2.05, 4.69) is 20.1 Å². The van der Waals surface area contributed by atoms with E-state index in [1.165, 1.54) is 7.11 Å². The fourth-order valence-corrected chi connectivity index (χ4v) is 1.52. The summed E-state index contributed by atoms with van der Waals surface area (Å²) in [6.45, 7) is 1.88. The Morgan fingerprint density at radius 1 is 1.44 bits per heavy atom. The second-order valence-electron chi connectivity index (χ2n) is 3.63. The van der Waals surface area contributed by atoms with Gasteiger partial charge >= 0.3 is 0 Å². The van der Waals surface area contributed by atoms with Crippen LogP contribution in [0, 0.1) is 6.92 Å². The van der Waals surface area contributed by atoms with Gasteiger partial charge in [0.1, 0.15) is 11.5 Å². The molecule has 0 aliphatic rings. The van der Waals surface area contributed by atoms with Crippen LogP contribution < -0.4 is 10.5 Å². The number of nitrogens with zero attached hydrogens (tertiary/aromatic N) is 3. The van der Waals surface area contributed by atoms with E-state index in [4.69, 9.17) is 15.7 Å². The number of imidazole rings is 1. The number of aromatic nitrogens is 3. The van der Waals surface area contributed by atoms with Crippen molar-refractivity contribution >= 4 is 5.84 Å². The smallest absolute Gasteiger partial charge is 0.224 e. The van der Waals surface area contributed by atoms with E-state index in [-0.39, 0.29) is 5.84 Å². The third-order valence-electron chi connectivity index (χ3n) is 2.38. The summed E-state index contributed by atoms with van der Waals surface area (Å²) in [5.41, 5.74) is 7.38. The van der Waals surface area contributed by atoms with Crippen molar-refractivity contribution in [2.24, 2.45) is 10.9 Å². The molecule has 0 amide bonds. The second-order valence-corrected chi connectivity index (χ2v) is 3.63. The molecule has 7 heteroatoms. The van der Waals surface area contributed by atoms with Crippen LogP contribution in [-0.4, -0.2) is 33.1 Å². The van der Waals surface area contributed by atoms with Gasteiger partial charge in [0.2, 0.25) is 5.88 Å². The van der Waals surface area contributed by atoms with Gasteiger partial charge in [0.05, 0.1) is 18.4 Å². The number of pyridine rings is 1. The summed E-state index contributed by atoms with van der Waals surface area (Å²) in [4.78, 5) is 11.5. The molecule has 0 radical (unpaired) electrons. The molecule has 18 heavy (non-hydrogen) atoms. The number of nitrogens with one attached hydrogen (secondary N) is 1. The van der Waals surface area contributed by atoms with Gasteiger partial charge in [0.25, 0.3) is 0 Å². The van der Waals surface area contributed by atoms with Gasteiger partial charge in [0, 0.05) is 6.20 Å². The van der Waals surface area contributed by atoms with Crippen LogP contribution in [0.4, 0.5) is 0 Å². The Balaban J connectivity index is 2.50. The minimum atomic E-state index is -0.0736. The molecule has 2 aromatic heterocycles. The molecule has 0 aromatic carbocycles. The molecular formula is C11H13N5O2. The molecule has 0 fully saturated rings. The number of oxime groups is 1. The summed E-state index contributed by atoms with van der Waals surface area (Å²) in [5.74, 6) is 0.937. The number of H-pyrrole nitrogens is 1. The third-order valence-corrected chi connectivity index (χ3v) is 2.38. The lowest BCUT2D eigenvalue weighted by atomic mass is 10.2. The van der Waals surface area contributed by atoms with Crippen LogP contribution in [0.3, 0.4) is 0 Å². The topological polar surface area (TPSA) is 109 Å². The molecule has 0 saturated carbocycles. The lowest BCUT2D eigenvalue weighted by molar-refractivity contribution is 0.318. The van der Waals surface area contributed by atoms with Crippen LogP contribution in [0.1, 0.15) is 11.4 Å². The van der Waals surface area contributed by atoms with E-state index in [1.807, 2.05) is 6.92 Å². The zero-order valence-electron chi connectivity index (χ0n) is 10.0. The molecule has 0 aliphatic carbocycles. The minimum Gasteiger partial charge on any atom is -0.480 e. The Morgan fingerprint density at radius 3 is 2.78 bits per heavy atom. The highest BCUT2D eigenvalue weighted by Crippen LogP contribution is 2.25.